The first-order valence-electron chi connectivity index (χ1n) is 8.94. The largest absolute Gasteiger partial charge is 0.493 e. The summed E-state index contributed by atoms with van der Waals surface area (Å²) in [5.74, 6) is 1.22. The van der Waals surface area contributed by atoms with E-state index >= 15 is 0 Å². The van der Waals surface area contributed by atoms with Crippen LogP contribution in [0.15, 0.2) is 53.6 Å². The Bertz CT molecular complexity index is 860. The van der Waals surface area contributed by atoms with Gasteiger partial charge in [-0.05, 0) is 35.7 Å². The topological polar surface area (TPSA) is 88.6 Å². The van der Waals surface area contributed by atoms with Gasteiger partial charge >= 0.3 is 5.12 Å². The van der Waals surface area contributed by atoms with Crippen molar-refractivity contribution >= 4 is 23.4 Å². The summed E-state index contributed by atoms with van der Waals surface area (Å²) in [6.07, 6.45) is 2.73. The van der Waals surface area contributed by atoms with Gasteiger partial charge < -0.3 is 9.47 Å². The third-order valence-electron chi connectivity index (χ3n) is 4.53. The highest BCUT2D eigenvalue weighted by Crippen LogP contribution is 2.27. The molecule has 28 heavy (non-hydrogen) atoms. The van der Waals surface area contributed by atoms with Crippen LogP contribution in [0.1, 0.15) is 11.1 Å². The number of carbonyl (C=O) groups excluding carboxylic acids is 1. The molecule has 0 aromatic heterocycles. The number of nitrogens with zero attached hydrogens (tertiary/aromatic N) is 1. The van der Waals surface area contributed by atoms with Gasteiger partial charge in [-0.15, -0.1) is 0 Å². The van der Waals surface area contributed by atoms with Crippen molar-refractivity contribution in [3.05, 3.63) is 59.7 Å². The summed E-state index contributed by atoms with van der Waals surface area (Å²) < 4.78 is 10.6. The van der Waals surface area contributed by atoms with Crippen LogP contribution in [-0.2, 0) is 11.2 Å². The number of hydrazone groups is 1. The maximum absolute atomic E-state index is 12.6. The first kappa shape index (κ1) is 20.0. The second kappa shape index (κ2) is 8.99. The molecular formula is C20H25N4O3S+. The summed E-state index contributed by atoms with van der Waals surface area (Å²) in [6, 6.07) is 15.3. The second-order valence-electron chi connectivity index (χ2n) is 6.26. The molecule has 7 nitrogen and oxygen atoms in total. The number of rotatable bonds is 8. The molecule has 0 spiro atoms. The van der Waals surface area contributed by atoms with E-state index in [-0.39, 0.29) is 5.91 Å². The minimum Gasteiger partial charge on any atom is -0.493 e. The van der Waals surface area contributed by atoms with E-state index in [1.165, 1.54) is 11.8 Å². The van der Waals surface area contributed by atoms with Crippen LogP contribution < -0.4 is 25.5 Å². The summed E-state index contributed by atoms with van der Waals surface area (Å²) in [7, 11) is 3.25. The lowest BCUT2D eigenvalue weighted by Gasteiger charge is -2.33. The third-order valence-corrected chi connectivity index (χ3v) is 5.53. The van der Waals surface area contributed by atoms with E-state index in [0.717, 1.165) is 24.1 Å². The van der Waals surface area contributed by atoms with Gasteiger partial charge in [0.25, 0.3) is 5.91 Å². The van der Waals surface area contributed by atoms with Crippen LogP contribution in [0.5, 0.6) is 11.5 Å². The first-order valence-corrected chi connectivity index (χ1v) is 10.2. The number of hydrogen-bond acceptors (Lipinski definition) is 6. The molecule has 0 fully saturated rings. The molecule has 0 radical (unpaired) electrons. The Morgan fingerprint density at radius 3 is 2.50 bits per heavy atom. The van der Waals surface area contributed by atoms with Crippen molar-refractivity contribution in [2.45, 2.75) is 11.5 Å². The maximum Gasteiger partial charge on any atom is 0.316 e. The van der Waals surface area contributed by atoms with E-state index in [9.17, 15) is 4.79 Å². The van der Waals surface area contributed by atoms with Gasteiger partial charge in [-0.3, -0.25) is 15.4 Å². The van der Waals surface area contributed by atoms with Crippen molar-refractivity contribution in [2.75, 3.05) is 27.0 Å². The third kappa shape index (κ3) is 4.40. The van der Waals surface area contributed by atoms with Crippen LogP contribution in [-0.4, -0.2) is 43.8 Å². The number of amides is 1. The van der Waals surface area contributed by atoms with Gasteiger partial charge in [0, 0.05) is 12.0 Å². The summed E-state index contributed by atoms with van der Waals surface area (Å²) in [4.78, 5) is 12.6. The molecule has 0 saturated heterocycles. The van der Waals surface area contributed by atoms with E-state index in [0.29, 0.717) is 17.2 Å². The Kier molecular flexibility index (Phi) is 6.43. The molecular weight excluding hydrogens is 376 g/mol. The van der Waals surface area contributed by atoms with E-state index in [4.69, 9.17) is 9.47 Å². The number of quaternary nitrogens is 1. The van der Waals surface area contributed by atoms with E-state index in [1.54, 1.807) is 14.2 Å². The number of hydrogen-bond donors (Lipinski definition) is 3. The lowest BCUT2D eigenvalue weighted by atomic mass is 10.1. The summed E-state index contributed by atoms with van der Waals surface area (Å²) in [5.41, 5.74) is 5.41. The van der Waals surface area contributed by atoms with Crippen molar-refractivity contribution < 1.29 is 19.6 Å². The van der Waals surface area contributed by atoms with E-state index < -0.39 is 5.12 Å². The smallest absolute Gasteiger partial charge is 0.316 e. The van der Waals surface area contributed by atoms with Crippen molar-refractivity contribution in [1.82, 2.24) is 10.7 Å². The fourth-order valence-electron chi connectivity index (χ4n) is 2.99. The van der Waals surface area contributed by atoms with Gasteiger partial charge in [0.1, 0.15) is 0 Å². The first-order chi connectivity index (χ1) is 13.6. The van der Waals surface area contributed by atoms with Gasteiger partial charge in [0.05, 0.1) is 20.8 Å². The summed E-state index contributed by atoms with van der Waals surface area (Å²) in [6.45, 7) is 0.750. The lowest BCUT2D eigenvalue weighted by Crippen LogP contribution is -3.04. The maximum atomic E-state index is 12.6. The average Bonchev–Trinajstić information content (AvgIpc) is 2.74. The van der Waals surface area contributed by atoms with Crippen LogP contribution in [0.3, 0.4) is 0 Å². The van der Waals surface area contributed by atoms with Crippen LogP contribution in [0.2, 0.25) is 0 Å². The number of thioether (sulfide) groups is 1. The zero-order chi connectivity index (χ0) is 20.0. The molecule has 1 aliphatic heterocycles. The molecule has 2 aromatic carbocycles. The molecule has 0 bridgehead atoms. The molecule has 0 aliphatic carbocycles. The number of ether oxygens (including phenoxy) is 2. The molecule has 0 unspecified atom stereocenters. The molecule has 4 N–H and O–H groups in total. The monoisotopic (exact) mass is 401 g/mol. The molecule has 0 saturated carbocycles. The lowest BCUT2D eigenvalue weighted by molar-refractivity contribution is -0.711. The number of nitrogens with one attached hydrogen (secondary N) is 2. The minimum absolute atomic E-state index is 0.193. The van der Waals surface area contributed by atoms with Crippen LogP contribution >= 0.6 is 11.8 Å². The predicted molar refractivity (Wildman–Crippen MR) is 111 cm³/mol. The van der Waals surface area contributed by atoms with Gasteiger partial charge in [0.2, 0.25) is 0 Å². The normalized spacial score (nSPS) is 18.7. The Morgan fingerprint density at radius 1 is 1.11 bits per heavy atom. The molecule has 3 rings (SSSR count). The fourth-order valence-corrected chi connectivity index (χ4v) is 3.61. The zero-order valence-electron chi connectivity index (χ0n) is 16.2. The molecule has 1 heterocycles. The minimum atomic E-state index is -0.730. The number of methoxy groups -OCH3 is 2. The van der Waals surface area contributed by atoms with Gasteiger partial charge in [0.15, 0.2) is 17.2 Å². The highest BCUT2D eigenvalue weighted by atomic mass is 32.2. The highest BCUT2D eigenvalue weighted by Gasteiger charge is 2.39. The number of carbonyl (C=O) groups is 1. The van der Waals surface area contributed by atoms with Crippen molar-refractivity contribution in [1.29, 1.82) is 0 Å². The van der Waals surface area contributed by atoms with E-state index in [1.807, 2.05) is 60.1 Å². The molecule has 2 aromatic rings. The summed E-state index contributed by atoms with van der Waals surface area (Å²) in [5, 5.41) is 8.69. The number of benzene rings is 2. The van der Waals surface area contributed by atoms with E-state index in [2.05, 4.69) is 15.8 Å². The molecule has 148 valence electrons. The van der Waals surface area contributed by atoms with Crippen LogP contribution in [0.4, 0.5) is 0 Å². The Morgan fingerprint density at radius 2 is 1.86 bits per heavy atom. The second-order valence-corrected chi connectivity index (χ2v) is 7.32. The van der Waals surface area contributed by atoms with Crippen LogP contribution in [0.25, 0.3) is 0 Å². The average molecular weight is 402 g/mol. The number of nitrogens with two attached hydrogens (primary N) is 1. The highest BCUT2D eigenvalue weighted by molar-refractivity contribution is 7.99. The molecule has 1 aliphatic rings. The quantitative estimate of drug-likeness (QED) is 0.572. The molecule has 1 atom stereocenters. The van der Waals surface area contributed by atoms with Gasteiger partial charge in [-0.25, -0.2) is 5.43 Å². The van der Waals surface area contributed by atoms with Crippen LogP contribution in [0, 0.1) is 0 Å². The van der Waals surface area contributed by atoms with Crippen molar-refractivity contribution in [3.63, 3.8) is 0 Å². The van der Waals surface area contributed by atoms with Gasteiger partial charge in [-0.2, -0.15) is 5.10 Å². The summed E-state index contributed by atoms with van der Waals surface area (Å²) >= 11 is 1.49. The Balaban J connectivity index is 1.65. The fraction of sp³-hybridized carbons (Fsp3) is 0.300. The predicted octanol–water partition coefficient (Wildman–Crippen LogP) is 0.908. The van der Waals surface area contributed by atoms with Crippen molar-refractivity contribution in [3.8, 4) is 11.5 Å². The standard InChI is InChI=1S/C20H24N4O3S/c1-26-16-10-9-14(13-17(16)27-2)11-12-21-20(28-3)22-19(25)18(23-24-20)15-7-5-4-6-8-15/h4-10,13,21,24H,11-12H2,1-3H3,(H,22,25)/p+1/t20-/m1/s1. The Hall–Kier alpha value is -2.71. The Labute approximate surface area is 168 Å². The molecule has 8 heteroatoms. The van der Waals surface area contributed by atoms with Gasteiger partial charge in [-0.1, -0.05) is 36.4 Å². The SMILES string of the molecule is COc1ccc(CC[NH2+][C@]2(SC)NN=C(c3ccccc3)C(=O)N2)cc1OC. The zero-order valence-corrected chi connectivity index (χ0v) is 17.0. The molecule has 1 amide bonds. The van der Waals surface area contributed by atoms with Crippen molar-refractivity contribution in [2.24, 2.45) is 5.10 Å².